The highest BCUT2D eigenvalue weighted by molar-refractivity contribution is 7.75. The maximum absolute atomic E-state index is 13.1. The SMILES string of the molecule is CCCN(C)c1ccc(CN2C=CN(C(=O)N(c3ccc(C)cc3)[SH](=O)=O)C2C)c(Cl)c1. The smallest absolute Gasteiger partial charge is 0.343 e. The largest absolute Gasteiger partial charge is 0.375 e. The van der Waals surface area contributed by atoms with E-state index in [-0.39, 0.29) is 6.17 Å². The molecule has 0 saturated heterocycles. The van der Waals surface area contributed by atoms with Crippen LogP contribution in [0, 0.1) is 6.92 Å². The van der Waals surface area contributed by atoms with Crippen molar-refractivity contribution in [3.8, 4) is 0 Å². The minimum atomic E-state index is -3.14. The lowest BCUT2D eigenvalue weighted by Crippen LogP contribution is -2.46. The number of anilines is 2. The molecule has 172 valence electrons. The van der Waals surface area contributed by atoms with Crippen molar-refractivity contribution in [1.82, 2.24) is 9.80 Å². The Hall–Kier alpha value is -2.71. The third-order valence-corrected chi connectivity index (χ3v) is 6.62. The van der Waals surface area contributed by atoms with E-state index in [1.807, 2.05) is 44.0 Å². The van der Waals surface area contributed by atoms with Gasteiger partial charge in [-0.05, 0) is 50.1 Å². The molecule has 0 bridgehead atoms. The van der Waals surface area contributed by atoms with E-state index in [1.165, 1.54) is 4.90 Å². The van der Waals surface area contributed by atoms with Gasteiger partial charge in [-0.3, -0.25) is 4.90 Å². The van der Waals surface area contributed by atoms with E-state index in [2.05, 4.69) is 11.8 Å². The summed E-state index contributed by atoms with van der Waals surface area (Å²) in [4.78, 5) is 18.6. The van der Waals surface area contributed by atoms with Crippen LogP contribution in [0.5, 0.6) is 0 Å². The van der Waals surface area contributed by atoms with E-state index < -0.39 is 16.9 Å². The monoisotopic (exact) mass is 476 g/mol. The van der Waals surface area contributed by atoms with Crippen LogP contribution >= 0.6 is 11.6 Å². The summed E-state index contributed by atoms with van der Waals surface area (Å²) >= 11 is 6.54. The molecule has 7 nitrogen and oxygen atoms in total. The summed E-state index contributed by atoms with van der Waals surface area (Å²) in [6.45, 7) is 7.31. The third-order valence-electron chi connectivity index (χ3n) is 5.53. The first-order valence-electron chi connectivity index (χ1n) is 10.5. The van der Waals surface area contributed by atoms with Gasteiger partial charge in [0.1, 0.15) is 6.17 Å². The van der Waals surface area contributed by atoms with E-state index in [9.17, 15) is 13.2 Å². The zero-order valence-corrected chi connectivity index (χ0v) is 20.4. The molecule has 1 aliphatic rings. The van der Waals surface area contributed by atoms with Crippen LogP contribution in [0.2, 0.25) is 5.02 Å². The fourth-order valence-electron chi connectivity index (χ4n) is 3.61. The number of hydrogen-bond acceptors (Lipinski definition) is 5. The van der Waals surface area contributed by atoms with E-state index >= 15 is 0 Å². The average Bonchev–Trinajstić information content (AvgIpc) is 3.11. The van der Waals surface area contributed by atoms with Crippen molar-refractivity contribution >= 4 is 39.9 Å². The zero-order chi connectivity index (χ0) is 23.4. The first-order chi connectivity index (χ1) is 15.2. The number of urea groups is 1. The van der Waals surface area contributed by atoms with Gasteiger partial charge in [-0.2, -0.15) is 4.31 Å². The molecule has 1 unspecified atom stereocenters. The number of benzene rings is 2. The number of nitrogens with zero attached hydrogens (tertiary/aromatic N) is 4. The van der Waals surface area contributed by atoms with Gasteiger partial charge in [0.15, 0.2) is 0 Å². The number of carbonyl (C=O) groups excluding carboxylic acids is 1. The van der Waals surface area contributed by atoms with Gasteiger partial charge in [0.25, 0.3) is 0 Å². The van der Waals surface area contributed by atoms with Crippen molar-refractivity contribution in [2.75, 3.05) is 22.8 Å². The molecule has 0 fully saturated rings. The second-order valence-corrected chi connectivity index (χ2v) is 9.16. The number of carbonyl (C=O) groups is 1. The number of halogens is 1. The van der Waals surface area contributed by atoms with Gasteiger partial charge in [0, 0.05) is 43.2 Å². The number of hydrogen-bond donors (Lipinski definition) is 1. The molecule has 0 aliphatic carbocycles. The lowest BCUT2D eigenvalue weighted by Gasteiger charge is -2.31. The van der Waals surface area contributed by atoms with Gasteiger partial charge < -0.3 is 9.80 Å². The van der Waals surface area contributed by atoms with Crippen molar-refractivity contribution < 1.29 is 13.2 Å². The van der Waals surface area contributed by atoms with Crippen LogP contribution in [0.15, 0.2) is 54.9 Å². The predicted octanol–water partition coefficient (Wildman–Crippen LogP) is 4.58. The maximum Gasteiger partial charge on any atom is 0.343 e. The van der Waals surface area contributed by atoms with Crippen molar-refractivity contribution in [3.63, 3.8) is 0 Å². The van der Waals surface area contributed by atoms with Crippen molar-refractivity contribution in [2.45, 2.75) is 39.9 Å². The van der Waals surface area contributed by atoms with Crippen LogP contribution in [0.4, 0.5) is 16.2 Å². The Kier molecular flexibility index (Phi) is 7.69. The average molecular weight is 477 g/mol. The lowest BCUT2D eigenvalue weighted by atomic mass is 10.1. The van der Waals surface area contributed by atoms with Crippen LogP contribution in [-0.4, -0.2) is 44.0 Å². The molecule has 9 heteroatoms. The van der Waals surface area contributed by atoms with Crippen molar-refractivity contribution in [2.24, 2.45) is 0 Å². The van der Waals surface area contributed by atoms with Crippen LogP contribution in [-0.2, 0) is 17.4 Å². The molecule has 0 spiro atoms. The number of thiol groups is 1. The van der Waals surface area contributed by atoms with Crippen LogP contribution in [0.25, 0.3) is 0 Å². The Labute approximate surface area is 196 Å². The predicted molar refractivity (Wildman–Crippen MR) is 130 cm³/mol. The summed E-state index contributed by atoms with van der Waals surface area (Å²) in [5, 5.41) is 0.653. The Bertz CT molecular complexity index is 1060. The Balaban J connectivity index is 1.74. The topological polar surface area (TPSA) is 64.2 Å². The molecule has 0 saturated carbocycles. The summed E-state index contributed by atoms with van der Waals surface area (Å²) in [5.74, 6) is 0. The summed E-state index contributed by atoms with van der Waals surface area (Å²) in [6, 6.07) is 12.1. The number of amides is 2. The molecule has 2 aromatic carbocycles. The molecule has 0 aromatic heterocycles. The molecule has 3 rings (SSSR count). The Morgan fingerprint density at radius 1 is 1.09 bits per heavy atom. The number of rotatable bonds is 7. The van der Waals surface area contributed by atoms with Gasteiger partial charge in [0.05, 0.1) is 5.69 Å². The summed E-state index contributed by atoms with van der Waals surface area (Å²) < 4.78 is 24.6. The first kappa shape index (κ1) is 23.9. The van der Waals surface area contributed by atoms with Gasteiger partial charge in [0.2, 0.25) is 10.9 Å². The normalized spacial score (nSPS) is 15.5. The molecular formula is C23H29ClN4O3S. The lowest BCUT2D eigenvalue weighted by molar-refractivity contribution is 0.168. The highest BCUT2D eigenvalue weighted by atomic mass is 35.5. The van der Waals surface area contributed by atoms with Crippen LogP contribution in [0.1, 0.15) is 31.4 Å². The van der Waals surface area contributed by atoms with Crippen LogP contribution in [0.3, 0.4) is 0 Å². The molecule has 2 aromatic rings. The molecule has 32 heavy (non-hydrogen) atoms. The molecule has 2 amide bonds. The molecule has 0 radical (unpaired) electrons. The van der Waals surface area contributed by atoms with E-state index in [0.29, 0.717) is 17.3 Å². The van der Waals surface area contributed by atoms with Gasteiger partial charge >= 0.3 is 6.03 Å². The van der Waals surface area contributed by atoms with E-state index in [4.69, 9.17) is 11.6 Å². The second kappa shape index (κ2) is 10.3. The molecule has 1 atom stereocenters. The quantitative estimate of drug-likeness (QED) is 0.592. The molecular weight excluding hydrogens is 448 g/mol. The maximum atomic E-state index is 13.1. The Morgan fingerprint density at radius 3 is 2.34 bits per heavy atom. The molecule has 0 N–H and O–H groups in total. The highest BCUT2D eigenvalue weighted by Crippen LogP contribution is 2.28. The van der Waals surface area contributed by atoms with Gasteiger partial charge in [-0.25, -0.2) is 13.2 Å². The summed E-state index contributed by atoms with van der Waals surface area (Å²) in [5.41, 5.74) is 3.27. The van der Waals surface area contributed by atoms with Gasteiger partial charge in [-0.1, -0.05) is 42.3 Å². The second-order valence-electron chi connectivity index (χ2n) is 7.87. The fraction of sp³-hybridized carbons (Fsp3) is 0.348. The minimum absolute atomic E-state index is 0.311. The third kappa shape index (κ3) is 5.19. The zero-order valence-electron chi connectivity index (χ0n) is 18.7. The van der Waals surface area contributed by atoms with E-state index in [1.54, 1.807) is 36.7 Å². The Morgan fingerprint density at radius 2 is 1.75 bits per heavy atom. The fourth-order valence-corrected chi connectivity index (χ4v) is 4.41. The number of aryl methyl sites for hydroxylation is 1. The molecule has 1 heterocycles. The standard InChI is InChI=1S/C23H29ClN4O3S/c1-5-12-25(4)21-11-8-19(22(24)15-21)16-26-13-14-27(18(26)3)23(29)28(32(30)31)20-9-6-17(2)7-10-20/h6-11,13-15,18,32H,5,12,16H2,1-4H3. The van der Waals surface area contributed by atoms with Crippen molar-refractivity contribution in [1.29, 1.82) is 0 Å². The highest BCUT2D eigenvalue weighted by Gasteiger charge is 2.32. The minimum Gasteiger partial charge on any atom is -0.375 e. The van der Waals surface area contributed by atoms with Gasteiger partial charge in [-0.15, -0.1) is 0 Å². The van der Waals surface area contributed by atoms with Crippen molar-refractivity contribution in [3.05, 3.63) is 71.0 Å². The first-order valence-corrected chi connectivity index (χ1v) is 12.0. The summed E-state index contributed by atoms with van der Waals surface area (Å²) in [7, 11) is -1.11. The van der Waals surface area contributed by atoms with Crippen LogP contribution < -0.4 is 9.21 Å². The summed E-state index contributed by atoms with van der Waals surface area (Å²) in [6.07, 6.45) is 4.06. The molecule has 1 aliphatic heterocycles. The van der Waals surface area contributed by atoms with E-state index in [0.717, 1.165) is 34.1 Å².